The van der Waals surface area contributed by atoms with Crippen LogP contribution in [0.4, 0.5) is 0 Å². The van der Waals surface area contributed by atoms with Crippen LogP contribution in [0, 0.1) is 0 Å². The zero-order valence-corrected chi connectivity index (χ0v) is 16.7. The second kappa shape index (κ2) is 8.88. The summed E-state index contributed by atoms with van der Waals surface area (Å²) in [5.74, 6) is 2.13. The van der Waals surface area contributed by atoms with Crippen molar-refractivity contribution in [3.8, 4) is 22.2 Å². The maximum absolute atomic E-state index is 12.6. The second-order valence-electron chi connectivity index (χ2n) is 5.46. The van der Waals surface area contributed by atoms with Crippen LogP contribution in [0.1, 0.15) is 10.4 Å². The number of thiophene rings is 1. The van der Waals surface area contributed by atoms with E-state index in [1.54, 1.807) is 49.8 Å². The third-order valence-corrected chi connectivity index (χ3v) is 5.64. The van der Waals surface area contributed by atoms with Gasteiger partial charge in [-0.25, -0.2) is 0 Å². The number of Topliss-reactive ketones (excluding diaryl/α,β-unsaturated/α-hetero) is 1. The van der Waals surface area contributed by atoms with Crippen LogP contribution >= 0.6 is 23.1 Å². The summed E-state index contributed by atoms with van der Waals surface area (Å²) in [6, 6.07) is 9.12. The molecule has 0 amide bonds. The number of thioether (sulfide) groups is 1. The van der Waals surface area contributed by atoms with Gasteiger partial charge in [-0.3, -0.25) is 9.36 Å². The number of hydrogen-bond acceptors (Lipinski definition) is 7. The van der Waals surface area contributed by atoms with Gasteiger partial charge in [0.15, 0.2) is 28.3 Å². The van der Waals surface area contributed by atoms with Crippen LogP contribution in [0.25, 0.3) is 10.7 Å². The molecule has 0 radical (unpaired) electrons. The van der Waals surface area contributed by atoms with Gasteiger partial charge in [-0.2, -0.15) is 0 Å². The lowest BCUT2D eigenvalue weighted by atomic mass is 10.1. The third-order valence-electron chi connectivity index (χ3n) is 3.81. The van der Waals surface area contributed by atoms with E-state index < -0.39 is 0 Å². The number of carbonyl (C=O) groups is 1. The minimum atomic E-state index is -0.0215. The van der Waals surface area contributed by atoms with Gasteiger partial charge < -0.3 is 9.47 Å². The Morgan fingerprint density at radius 3 is 2.74 bits per heavy atom. The second-order valence-corrected chi connectivity index (χ2v) is 7.35. The maximum atomic E-state index is 12.6. The number of nitrogens with zero attached hydrogens (tertiary/aromatic N) is 3. The van der Waals surface area contributed by atoms with Crippen molar-refractivity contribution < 1.29 is 14.3 Å². The van der Waals surface area contributed by atoms with Gasteiger partial charge in [0.1, 0.15) is 0 Å². The van der Waals surface area contributed by atoms with Gasteiger partial charge in [0, 0.05) is 12.1 Å². The summed E-state index contributed by atoms with van der Waals surface area (Å²) in [7, 11) is 3.11. The Hall–Kier alpha value is -2.58. The first kappa shape index (κ1) is 19.2. The zero-order valence-electron chi connectivity index (χ0n) is 15.0. The minimum Gasteiger partial charge on any atom is -0.493 e. The molecule has 0 N–H and O–H groups in total. The summed E-state index contributed by atoms with van der Waals surface area (Å²) >= 11 is 2.95. The molecule has 8 heteroatoms. The predicted octanol–water partition coefficient (Wildman–Crippen LogP) is 4.18. The molecule has 2 aromatic heterocycles. The molecule has 3 rings (SSSR count). The van der Waals surface area contributed by atoms with Crippen molar-refractivity contribution in [2.75, 3.05) is 20.0 Å². The van der Waals surface area contributed by atoms with E-state index >= 15 is 0 Å². The molecule has 3 aromatic rings. The Labute approximate surface area is 165 Å². The van der Waals surface area contributed by atoms with Crippen molar-refractivity contribution in [2.24, 2.45) is 0 Å². The van der Waals surface area contributed by atoms with E-state index in [4.69, 9.17) is 9.47 Å². The standard InChI is InChI=1S/C19H19N3O3S2/c1-4-9-22-18(17-6-5-10-26-17)20-21-19(22)27-12-14(23)13-7-8-15(24-2)16(11-13)25-3/h4-8,10-11H,1,9,12H2,2-3H3. The van der Waals surface area contributed by atoms with Crippen LogP contribution in [-0.2, 0) is 6.54 Å². The zero-order chi connectivity index (χ0) is 19.2. The smallest absolute Gasteiger partial charge is 0.192 e. The summed E-state index contributed by atoms with van der Waals surface area (Å²) in [4.78, 5) is 13.6. The summed E-state index contributed by atoms with van der Waals surface area (Å²) in [5.41, 5.74) is 0.563. The van der Waals surface area contributed by atoms with Crippen LogP contribution in [0.15, 0.2) is 53.5 Å². The number of ether oxygens (including phenoxy) is 2. The average molecular weight is 402 g/mol. The van der Waals surface area contributed by atoms with Crippen molar-refractivity contribution in [3.63, 3.8) is 0 Å². The molecule has 27 heavy (non-hydrogen) atoms. The highest BCUT2D eigenvalue weighted by Gasteiger charge is 2.17. The summed E-state index contributed by atoms with van der Waals surface area (Å²) < 4.78 is 12.4. The van der Waals surface area contributed by atoms with Gasteiger partial charge in [-0.15, -0.1) is 28.1 Å². The molecule has 0 unspecified atom stereocenters. The molecule has 0 fully saturated rings. The molecular formula is C19H19N3O3S2. The molecule has 2 heterocycles. The van der Waals surface area contributed by atoms with Crippen LogP contribution < -0.4 is 9.47 Å². The van der Waals surface area contributed by atoms with Crippen molar-refractivity contribution in [1.82, 2.24) is 14.8 Å². The molecule has 0 spiro atoms. The molecular weight excluding hydrogens is 382 g/mol. The first-order chi connectivity index (χ1) is 13.2. The van der Waals surface area contributed by atoms with Crippen molar-refractivity contribution in [1.29, 1.82) is 0 Å². The van der Waals surface area contributed by atoms with E-state index in [1.807, 2.05) is 22.1 Å². The Morgan fingerprint density at radius 1 is 1.26 bits per heavy atom. The summed E-state index contributed by atoms with van der Waals surface area (Å²) in [5, 5.41) is 11.2. The monoisotopic (exact) mass is 401 g/mol. The largest absolute Gasteiger partial charge is 0.493 e. The molecule has 140 valence electrons. The predicted molar refractivity (Wildman–Crippen MR) is 108 cm³/mol. The lowest BCUT2D eigenvalue weighted by Crippen LogP contribution is -2.06. The highest BCUT2D eigenvalue weighted by atomic mass is 32.2. The van der Waals surface area contributed by atoms with E-state index in [-0.39, 0.29) is 11.5 Å². The van der Waals surface area contributed by atoms with Crippen molar-refractivity contribution in [3.05, 3.63) is 53.9 Å². The number of aromatic nitrogens is 3. The molecule has 0 aliphatic rings. The Bertz CT molecular complexity index is 936. The lowest BCUT2D eigenvalue weighted by molar-refractivity contribution is 0.102. The quantitative estimate of drug-likeness (QED) is 0.304. The number of ketones is 1. The number of benzene rings is 1. The number of allylic oxidation sites excluding steroid dienone is 1. The van der Waals surface area contributed by atoms with Crippen LogP contribution in [0.3, 0.4) is 0 Å². The normalized spacial score (nSPS) is 10.6. The third kappa shape index (κ3) is 4.23. The maximum Gasteiger partial charge on any atom is 0.192 e. The van der Waals surface area contributed by atoms with Gasteiger partial charge in [0.05, 0.1) is 24.8 Å². The minimum absolute atomic E-state index is 0.0215. The van der Waals surface area contributed by atoms with E-state index in [0.29, 0.717) is 28.8 Å². The number of carbonyl (C=O) groups excluding carboxylic acids is 1. The topological polar surface area (TPSA) is 66.2 Å². The summed E-state index contributed by atoms with van der Waals surface area (Å²) in [6.07, 6.45) is 1.79. The van der Waals surface area contributed by atoms with Gasteiger partial charge in [0.25, 0.3) is 0 Å². The molecule has 1 aromatic carbocycles. The van der Waals surface area contributed by atoms with Crippen molar-refractivity contribution in [2.45, 2.75) is 11.7 Å². The fourth-order valence-electron chi connectivity index (χ4n) is 2.50. The number of rotatable bonds is 9. The van der Waals surface area contributed by atoms with Crippen molar-refractivity contribution >= 4 is 28.9 Å². The Morgan fingerprint density at radius 2 is 2.07 bits per heavy atom. The highest BCUT2D eigenvalue weighted by Crippen LogP contribution is 2.30. The fourth-order valence-corrected chi connectivity index (χ4v) is 4.06. The van der Waals surface area contributed by atoms with E-state index in [2.05, 4.69) is 16.8 Å². The number of methoxy groups -OCH3 is 2. The SMILES string of the molecule is C=CCn1c(SCC(=O)c2ccc(OC)c(OC)c2)nnc1-c1cccs1. The molecule has 0 aliphatic heterocycles. The van der Waals surface area contributed by atoms with E-state index in [0.717, 1.165) is 10.7 Å². The molecule has 0 bridgehead atoms. The molecule has 0 aliphatic carbocycles. The first-order valence-electron chi connectivity index (χ1n) is 8.14. The van der Waals surface area contributed by atoms with Crippen LogP contribution in [0.5, 0.6) is 11.5 Å². The first-order valence-corrected chi connectivity index (χ1v) is 10.0. The highest BCUT2D eigenvalue weighted by molar-refractivity contribution is 7.99. The van der Waals surface area contributed by atoms with Gasteiger partial charge in [0.2, 0.25) is 0 Å². The molecule has 6 nitrogen and oxygen atoms in total. The molecule has 0 atom stereocenters. The van der Waals surface area contributed by atoms with Crippen LogP contribution in [-0.4, -0.2) is 40.5 Å². The fraction of sp³-hybridized carbons (Fsp3) is 0.211. The van der Waals surface area contributed by atoms with Gasteiger partial charge >= 0.3 is 0 Å². The molecule has 0 saturated carbocycles. The van der Waals surface area contributed by atoms with E-state index in [9.17, 15) is 4.79 Å². The summed E-state index contributed by atoms with van der Waals surface area (Å²) in [6.45, 7) is 4.38. The Kier molecular flexibility index (Phi) is 6.31. The van der Waals surface area contributed by atoms with Gasteiger partial charge in [-0.1, -0.05) is 23.9 Å². The lowest BCUT2D eigenvalue weighted by Gasteiger charge is -2.09. The molecule has 0 saturated heterocycles. The van der Waals surface area contributed by atoms with Crippen LogP contribution in [0.2, 0.25) is 0 Å². The van der Waals surface area contributed by atoms with E-state index in [1.165, 1.54) is 11.8 Å². The number of hydrogen-bond donors (Lipinski definition) is 0. The van der Waals surface area contributed by atoms with Gasteiger partial charge in [-0.05, 0) is 29.6 Å². The average Bonchev–Trinajstić information content (AvgIpc) is 3.35. The Balaban J connectivity index is 1.77.